The highest BCUT2D eigenvalue weighted by molar-refractivity contribution is 8.13. The smallest absolute Gasteiger partial charge is 0.306 e. The lowest BCUT2D eigenvalue weighted by atomic mass is 9.45. The van der Waals surface area contributed by atoms with Gasteiger partial charge in [-0.2, -0.15) is 0 Å². The van der Waals surface area contributed by atoms with Crippen molar-refractivity contribution in [2.45, 2.75) is 77.2 Å². The third-order valence-corrected chi connectivity index (χ3v) is 10.7. The molecule has 0 aromatic carbocycles. The molecule has 0 amide bonds. The Labute approximate surface area is 224 Å². The van der Waals surface area contributed by atoms with Crippen molar-refractivity contribution in [1.29, 1.82) is 0 Å². The number of carbonyl (C=O) groups excluding carboxylic acids is 3. The van der Waals surface area contributed by atoms with Crippen LogP contribution in [-0.2, 0) is 23.9 Å². The first kappa shape index (κ1) is 28.6. The number of hydrogen-bond donors (Lipinski definition) is 0. The van der Waals surface area contributed by atoms with Crippen molar-refractivity contribution in [1.82, 2.24) is 0 Å². The normalized spacial score (nSPS) is 42.6. The van der Waals surface area contributed by atoms with E-state index in [0.29, 0.717) is 18.2 Å². The average molecular weight is 561 g/mol. The fraction of sp³-hybridized carbons (Fsp3) is 0.741. The van der Waals surface area contributed by atoms with Gasteiger partial charge in [0.1, 0.15) is 29.5 Å². The number of allylic oxidation sites excluding steroid dienone is 3. The third kappa shape index (κ3) is 3.85. The highest BCUT2D eigenvalue weighted by atomic mass is 32.2. The molecule has 0 radical (unpaired) electrons. The second kappa shape index (κ2) is 9.96. The summed E-state index contributed by atoms with van der Waals surface area (Å²) in [5.41, 5.74) is -6.01. The lowest BCUT2D eigenvalue weighted by Crippen LogP contribution is -2.66. The van der Waals surface area contributed by atoms with E-state index in [1.54, 1.807) is 20.8 Å². The van der Waals surface area contributed by atoms with E-state index in [4.69, 9.17) is 9.47 Å². The highest BCUT2D eigenvalue weighted by Gasteiger charge is 2.76. The molecule has 0 spiro atoms. The van der Waals surface area contributed by atoms with Crippen molar-refractivity contribution >= 4 is 40.4 Å². The minimum atomic E-state index is -1.96. The van der Waals surface area contributed by atoms with Crippen LogP contribution in [0.2, 0.25) is 0 Å². The van der Waals surface area contributed by atoms with Gasteiger partial charge >= 0.3 is 5.97 Å². The second-order valence-electron chi connectivity index (χ2n) is 11.1. The largest absolute Gasteiger partial charge is 0.486 e. The minimum Gasteiger partial charge on any atom is -0.486 e. The molecule has 0 aliphatic heterocycles. The SMILES string of the molecule is CCC(=O)O[C@]1(C(=O)SCF)[C@H](C)C[C@H]2[C@@H]3C[C@H](F)C4=CC(=O)C=C(OCSC)[C@@]4(C)[C@@]3(F)CC[C@@]21C. The monoisotopic (exact) mass is 560 g/mol. The summed E-state index contributed by atoms with van der Waals surface area (Å²) < 4.78 is 58.8. The molecule has 5 nitrogen and oxygen atoms in total. The molecule has 206 valence electrons. The van der Waals surface area contributed by atoms with Gasteiger partial charge in [-0.25, -0.2) is 13.2 Å². The molecule has 0 N–H and O–H groups in total. The quantitative estimate of drug-likeness (QED) is 0.274. The Hall–Kier alpha value is -1.42. The zero-order valence-electron chi connectivity index (χ0n) is 21.9. The Bertz CT molecular complexity index is 1050. The van der Waals surface area contributed by atoms with Gasteiger partial charge in [0, 0.05) is 29.7 Å². The van der Waals surface area contributed by atoms with Gasteiger partial charge in [0.2, 0.25) is 5.12 Å². The van der Waals surface area contributed by atoms with Crippen molar-refractivity contribution in [3.8, 4) is 0 Å². The maximum atomic E-state index is 17.7. The molecule has 4 rings (SSSR count). The summed E-state index contributed by atoms with van der Waals surface area (Å²) >= 11 is 1.83. The van der Waals surface area contributed by atoms with Gasteiger partial charge in [0.15, 0.2) is 11.4 Å². The maximum Gasteiger partial charge on any atom is 0.306 e. The topological polar surface area (TPSA) is 69.7 Å². The average Bonchev–Trinajstić information content (AvgIpc) is 3.08. The van der Waals surface area contributed by atoms with Crippen LogP contribution >= 0.6 is 23.5 Å². The zero-order valence-corrected chi connectivity index (χ0v) is 23.5. The summed E-state index contributed by atoms with van der Waals surface area (Å²) in [4.78, 5) is 38.5. The van der Waals surface area contributed by atoms with Crippen LogP contribution in [0.15, 0.2) is 23.5 Å². The van der Waals surface area contributed by atoms with Crippen molar-refractivity contribution in [3.05, 3.63) is 23.5 Å². The molecule has 0 heterocycles. The van der Waals surface area contributed by atoms with Crippen LogP contribution in [0.25, 0.3) is 0 Å². The van der Waals surface area contributed by atoms with Crippen LogP contribution in [0.3, 0.4) is 0 Å². The van der Waals surface area contributed by atoms with Crippen molar-refractivity contribution in [2.24, 2.45) is 28.6 Å². The van der Waals surface area contributed by atoms with Gasteiger partial charge in [-0.3, -0.25) is 14.4 Å². The number of halogens is 3. The molecule has 0 saturated heterocycles. The van der Waals surface area contributed by atoms with Crippen LogP contribution in [0, 0.1) is 28.6 Å². The van der Waals surface area contributed by atoms with Crippen LogP contribution in [0.1, 0.15) is 59.8 Å². The number of esters is 1. The molecular weight excluding hydrogens is 525 g/mol. The molecule has 3 saturated carbocycles. The number of hydrogen-bond acceptors (Lipinski definition) is 7. The van der Waals surface area contributed by atoms with Crippen LogP contribution in [-0.4, -0.2) is 52.5 Å². The molecule has 0 bridgehead atoms. The van der Waals surface area contributed by atoms with E-state index >= 15 is 8.78 Å². The van der Waals surface area contributed by atoms with Crippen LogP contribution in [0.5, 0.6) is 0 Å². The van der Waals surface area contributed by atoms with E-state index in [-0.39, 0.29) is 43.0 Å². The third-order valence-electron chi connectivity index (χ3n) is 9.71. The van der Waals surface area contributed by atoms with E-state index < -0.39 is 68.9 Å². The molecule has 3 fully saturated rings. The Morgan fingerprint density at radius 2 is 1.86 bits per heavy atom. The fourth-order valence-electron chi connectivity index (χ4n) is 7.91. The highest BCUT2D eigenvalue weighted by Crippen LogP contribution is 2.73. The summed E-state index contributed by atoms with van der Waals surface area (Å²) in [5.74, 6) is -2.54. The second-order valence-corrected chi connectivity index (χ2v) is 12.8. The number of thioether (sulfide) groups is 2. The van der Waals surface area contributed by atoms with E-state index in [0.717, 1.165) is 0 Å². The lowest BCUT2D eigenvalue weighted by Gasteiger charge is -2.62. The van der Waals surface area contributed by atoms with E-state index in [1.807, 2.05) is 13.2 Å². The molecule has 10 heteroatoms. The van der Waals surface area contributed by atoms with Gasteiger partial charge in [0.05, 0.1) is 5.41 Å². The van der Waals surface area contributed by atoms with Gasteiger partial charge in [0.25, 0.3) is 0 Å². The van der Waals surface area contributed by atoms with Crippen LogP contribution < -0.4 is 0 Å². The van der Waals surface area contributed by atoms with Crippen molar-refractivity contribution in [2.75, 3.05) is 18.2 Å². The van der Waals surface area contributed by atoms with Crippen LogP contribution in [0.4, 0.5) is 13.2 Å². The number of ketones is 1. The first-order chi connectivity index (χ1) is 17.4. The minimum absolute atomic E-state index is 0.0347. The molecule has 8 atom stereocenters. The predicted octanol–water partition coefficient (Wildman–Crippen LogP) is 6.12. The number of rotatable bonds is 7. The molecule has 0 aromatic heterocycles. The lowest BCUT2D eigenvalue weighted by molar-refractivity contribution is -0.202. The Balaban J connectivity index is 1.84. The Kier molecular flexibility index (Phi) is 7.69. The molecule has 37 heavy (non-hydrogen) atoms. The van der Waals surface area contributed by atoms with Gasteiger partial charge in [-0.15, -0.1) is 11.8 Å². The van der Waals surface area contributed by atoms with Gasteiger partial charge < -0.3 is 9.47 Å². The van der Waals surface area contributed by atoms with E-state index in [1.165, 1.54) is 23.9 Å². The van der Waals surface area contributed by atoms with E-state index in [2.05, 4.69) is 0 Å². The molecular formula is C27H35F3O5S2. The number of ether oxygens (including phenoxy) is 2. The maximum absolute atomic E-state index is 17.7. The Morgan fingerprint density at radius 1 is 1.16 bits per heavy atom. The molecule has 4 aliphatic rings. The standard InChI is InChI=1S/C27H35F3O5S2/c1-6-22(32)35-27(23(33)37-13-28)15(2)9-17-18-12-20(29)19-10-16(31)11-21(34-14-36-5)25(19,4)26(18,30)8-7-24(17,27)3/h10-11,15,17-18,20H,6-9,12-14H2,1-5H3/t15-,17+,18+,20+,24+,25+,26-,27+/m1/s1. The summed E-state index contributed by atoms with van der Waals surface area (Å²) in [5, 5.41) is -0.577. The summed E-state index contributed by atoms with van der Waals surface area (Å²) in [6.45, 7) is 6.82. The molecule has 4 aliphatic carbocycles. The molecule has 0 aromatic rings. The van der Waals surface area contributed by atoms with E-state index in [9.17, 15) is 18.8 Å². The summed E-state index contributed by atoms with van der Waals surface area (Å²) in [7, 11) is 0. The first-order valence-electron chi connectivity index (χ1n) is 12.7. The predicted molar refractivity (Wildman–Crippen MR) is 138 cm³/mol. The van der Waals surface area contributed by atoms with Crippen molar-refractivity contribution < 1.29 is 37.0 Å². The van der Waals surface area contributed by atoms with Gasteiger partial charge in [-0.05, 0) is 68.2 Å². The summed E-state index contributed by atoms with van der Waals surface area (Å²) in [6, 6.07) is -0.970. The number of fused-ring (bicyclic) bond motifs is 5. The fourth-order valence-corrected chi connectivity index (χ4v) is 8.94. The molecule has 0 unspecified atom stereocenters. The Morgan fingerprint density at radius 3 is 2.49 bits per heavy atom. The number of alkyl halides is 3. The summed E-state index contributed by atoms with van der Waals surface area (Å²) in [6.07, 6.45) is 3.03. The zero-order chi connectivity index (χ0) is 27.4. The van der Waals surface area contributed by atoms with Gasteiger partial charge in [-0.1, -0.05) is 20.8 Å². The first-order valence-corrected chi connectivity index (χ1v) is 15.1. The number of carbonyl (C=O) groups is 3. The van der Waals surface area contributed by atoms with Crippen molar-refractivity contribution in [3.63, 3.8) is 0 Å².